The minimum absolute atomic E-state index is 0.769. The molecule has 2 rings (SSSR count). The molecule has 0 aromatic heterocycles. The Kier molecular flexibility index (Phi) is 3.23. The molecule has 0 radical (unpaired) electrons. The first-order valence-corrected chi connectivity index (χ1v) is 5.82. The average Bonchev–Trinajstić information content (AvgIpc) is 2.43. The average molecular weight is 182 g/mol. The molecule has 1 unspecified atom stereocenters. The van der Waals surface area contributed by atoms with Crippen LogP contribution in [0.5, 0.6) is 0 Å². The highest BCUT2D eigenvalue weighted by Gasteiger charge is 2.25. The van der Waals surface area contributed by atoms with Gasteiger partial charge < -0.3 is 0 Å². The van der Waals surface area contributed by atoms with Crippen molar-refractivity contribution in [2.75, 3.05) is 26.7 Å². The first-order chi connectivity index (χ1) is 6.38. The van der Waals surface area contributed by atoms with E-state index < -0.39 is 0 Å². The molecule has 0 bridgehead atoms. The van der Waals surface area contributed by atoms with Crippen molar-refractivity contribution in [3.8, 4) is 0 Å². The minimum atomic E-state index is 0.769. The number of rotatable bonds is 0. The summed E-state index contributed by atoms with van der Waals surface area (Å²) in [5.74, 6) is 0. The molecule has 2 fully saturated rings. The van der Waals surface area contributed by atoms with Gasteiger partial charge in [0, 0.05) is 0 Å². The van der Waals surface area contributed by atoms with E-state index >= 15 is 0 Å². The smallest absolute Gasteiger partial charge is 0.0619 e. The quantitative estimate of drug-likeness (QED) is 0.564. The second kappa shape index (κ2) is 4.43. The van der Waals surface area contributed by atoms with Crippen LogP contribution in [-0.4, -0.2) is 42.6 Å². The number of hydrogen-bond donors (Lipinski definition) is 0. The molecule has 1 atom stereocenters. The molecule has 0 aliphatic carbocycles. The van der Waals surface area contributed by atoms with Crippen LogP contribution in [0.15, 0.2) is 0 Å². The lowest BCUT2D eigenvalue weighted by Gasteiger charge is -2.33. The zero-order valence-corrected chi connectivity index (χ0v) is 8.84. The van der Waals surface area contributed by atoms with Crippen LogP contribution in [0.3, 0.4) is 0 Å². The van der Waals surface area contributed by atoms with Crippen LogP contribution < -0.4 is 0 Å². The fourth-order valence-electron chi connectivity index (χ4n) is 2.74. The fraction of sp³-hybridized carbons (Fsp3) is 1.00. The summed E-state index contributed by atoms with van der Waals surface area (Å²) in [6.07, 6.45) is 9.27. The normalized spacial score (nSPS) is 33.5. The lowest BCUT2D eigenvalue weighted by molar-refractivity contribution is 0.0815. The summed E-state index contributed by atoms with van der Waals surface area (Å²) in [6.45, 7) is 3.99. The fourth-order valence-corrected chi connectivity index (χ4v) is 2.74. The highest BCUT2D eigenvalue weighted by molar-refractivity contribution is 4.77. The molecule has 2 heterocycles. The first-order valence-electron chi connectivity index (χ1n) is 5.82. The Morgan fingerprint density at radius 1 is 0.846 bits per heavy atom. The summed E-state index contributed by atoms with van der Waals surface area (Å²) in [7, 11) is 2.30. The molecule has 2 aliphatic heterocycles. The number of fused-ring (bicyclic) bond motifs is 1. The molecule has 13 heavy (non-hydrogen) atoms. The molecule has 0 amide bonds. The van der Waals surface area contributed by atoms with E-state index in [1.54, 1.807) is 0 Å². The molecule has 2 aliphatic rings. The predicted molar refractivity (Wildman–Crippen MR) is 55.7 cm³/mol. The monoisotopic (exact) mass is 182 g/mol. The van der Waals surface area contributed by atoms with Crippen LogP contribution in [0.1, 0.15) is 38.5 Å². The van der Waals surface area contributed by atoms with Crippen LogP contribution in [0, 0.1) is 0 Å². The Bertz CT molecular complexity index is 156. The van der Waals surface area contributed by atoms with Gasteiger partial charge >= 0.3 is 0 Å². The minimum Gasteiger partial charge on any atom is -0.291 e. The van der Waals surface area contributed by atoms with Gasteiger partial charge in [0.2, 0.25) is 0 Å². The SMILES string of the molecule is CN1CCCCN2CCCCCC12. The standard InChI is InChI=1S/C11H22N2/c1-12-8-5-6-10-13-9-4-2-3-7-11(12)13/h11H,2-10H2,1H3. The van der Waals surface area contributed by atoms with Gasteiger partial charge in [0.25, 0.3) is 0 Å². The molecular formula is C11H22N2. The third-order valence-corrected chi connectivity index (χ3v) is 3.54. The topological polar surface area (TPSA) is 6.48 Å². The van der Waals surface area contributed by atoms with E-state index in [4.69, 9.17) is 0 Å². The third-order valence-electron chi connectivity index (χ3n) is 3.54. The van der Waals surface area contributed by atoms with Crippen molar-refractivity contribution in [3.05, 3.63) is 0 Å². The van der Waals surface area contributed by atoms with E-state index in [0.29, 0.717) is 0 Å². The second-order valence-corrected chi connectivity index (χ2v) is 4.55. The van der Waals surface area contributed by atoms with E-state index in [1.807, 2.05) is 0 Å². The van der Waals surface area contributed by atoms with Crippen molar-refractivity contribution in [3.63, 3.8) is 0 Å². The molecule has 0 saturated carbocycles. The highest BCUT2D eigenvalue weighted by Crippen LogP contribution is 2.21. The summed E-state index contributed by atoms with van der Waals surface area (Å²) in [4.78, 5) is 5.28. The van der Waals surface area contributed by atoms with Crippen molar-refractivity contribution in [1.82, 2.24) is 9.80 Å². The Balaban J connectivity index is 2.03. The summed E-state index contributed by atoms with van der Waals surface area (Å²) in [5.41, 5.74) is 0. The maximum absolute atomic E-state index is 2.71. The van der Waals surface area contributed by atoms with E-state index in [1.165, 1.54) is 58.2 Å². The van der Waals surface area contributed by atoms with Gasteiger partial charge in [-0.1, -0.05) is 12.8 Å². The zero-order valence-electron chi connectivity index (χ0n) is 8.84. The molecule has 76 valence electrons. The molecule has 0 spiro atoms. The van der Waals surface area contributed by atoms with Crippen molar-refractivity contribution >= 4 is 0 Å². The number of nitrogens with zero attached hydrogens (tertiary/aromatic N) is 2. The van der Waals surface area contributed by atoms with Gasteiger partial charge in [-0.3, -0.25) is 9.80 Å². The van der Waals surface area contributed by atoms with Crippen LogP contribution >= 0.6 is 0 Å². The van der Waals surface area contributed by atoms with E-state index in [-0.39, 0.29) is 0 Å². The van der Waals surface area contributed by atoms with Crippen LogP contribution in [0.2, 0.25) is 0 Å². The van der Waals surface area contributed by atoms with Crippen molar-refractivity contribution in [2.45, 2.75) is 44.7 Å². The van der Waals surface area contributed by atoms with Crippen molar-refractivity contribution in [1.29, 1.82) is 0 Å². The maximum Gasteiger partial charge on any atom is 0.0619 e. The van der Waals surface area contributed by atoms with Crippen molar-refractivity contribution < 1.29 is 0 Å². The molecule has 0 aromatic carbocycles. The third kappa shape index (κ3) is 2.23. The molecule has 2 heteroatoms. The zero-order chi connectivity index (χ0) is 9.10. The van der Waals surface area contributed by atoms with Crippen LogP contribution in [0.4, 0.5) is 0 Å². The number of hydrogen-bond acceptors (Lipinski definition) is 2. The van der Waals surface area contributed by atoms with Gasteiger partial charge in [0.05, 0.1) is 6.17 Å². The molecule has 0 N–H and O–H groups in total. The molecule has 2 nitrogen and oxygen atoms in total. The lowest BCUT2D eigenvalue weighted by Crippen LogP contribution is -2.44. The Labute approximate surface area is 81.9 Å². The van der Waals surface area contributed by atoms with Gasteiger partial charge in [-0.25, -0.2) is 0 Å². The first kappa shape index (κ1) is 9.47. The van der Waals surface area contributed by atoms with Gasteiger partial charge in [-0.15, -0.1) is 0 Å². The summed E-state index contributed by atoms with van der Waals surface area (Å²) in [6, 6.07) is 0. The second-order valence-electron chi connectivity index (χ2n) is 4.55. The summed E-state index contributed by atoms with van der Waals surface area (Å²) >= 11 is 0. The van der Waals surface area contributed by atoms with Gasteiger partial charge in [-0.2, -0.15) is 0 Å². The van der Waals surface area contributed by atoms with E-state index in [9.17, 15) is 0 Å². The lowest BCUT2D eigenvalue weighted by atomic mass is 10.2. The summed E-state index contributed by atoms with van der Waals surface area (Å²) < 4.78 is 0. The molecular weight excluding hydrogens is 160 g/mol. The highest BCUT2D eigenvalue weighted by atomic mass is 15.3. The molecule has 0 aromatic rings. The Morgan fingerprint density at radius 2 is 1.54 bits per heavy atom. The Hall–Kier alpha value is -0.0800. The molecule has 2 saturated heterocycles. The van der Waals surface area contributed by atoms with Gasteiger partial charge in [-0.05, 0) is 52.4 Å². The van der Waals surface area contributed by atoms with Gasteiger partial charge in [0.1, 0.15) is 0 Å². The van der Waals surface area contributed by atoms with Gasteiger partial charge in [0.15, 0.2) is 0 Å². The largest absolute Gasteiger partial charge is 0.291 e. The maximum atomic E-state index is 2.71. The Morgan fingerprint density at radius 3 is 2.38 bits per heavy atom. The van der Waals surface area contributed by atoms with E-state index in [0.717, 1.165) is 6.17 Å². The van der Waals surface area contributed by atoms with Crippen LogP contribution in [-0.2, 0) is 0 Å². The van der Waals surface area contributed by atoms with Crippen LogP contribution in [0.25, 0.3) is 0 Å². The summed E-state index contributed by atoms with van der Waals surface area (Å²) in [5, 5.41) is 0. The van der Waals surface area contributed by atoms with E-state index in [2.05, 4.69) is 16.8 Å². The van der Waals surface area contributed by atoms with Crippen molar-refractivity contribution in [2.24, 2.45) is 0 Å². The predicted octanol–water partition coefficient (Wildman–Crippen LogP) is 1.91.